The normalized spacial score (nSPS) is 41.1. The van der Waals surface area contributed by atoms with E-state index in [-0.39, 0.29) is 5.54 Å². The largest absolute Gasteiger partial charge is 0.376 e. The molecule has 3 atom stereocenters. The first kappa shape index (κ1) is 13.3. The van der Waals surface area contributed by atoms with Crippen molar-refractivity contribution >= 4 is 0 Å². The molecule has 0 radical (unpaired) electrons. The van der Waals surface area contributed by atoms with Gasteiger partial charge in [0, 0.05) is 25.2 Å². The molecule has 1 heterocycles. The lowest BCUT2D eigenvalue weighted by Crippen LogP contribution is -2.58. The second-order valence-electron chi connectivity index (χ2n) is 6.09. The van der Waals surface area contributed by atoms with Crippen molar-refractivity contribution in [3.05, 3.63) is 0 Å². The Kier molecular flexibility index (Phi) is 4.45. The molecular weight excluding hydrogens is 212 g/mol. The van der Waals surface area contributed by atoms with Gasteiger partial charge in [0.2, 0.25) is 0 Å². The average molecular weight is 240 g/mol. The minimum Gasteiger partial charge on any atom is -0.376 e. The fraction of sp³-hybridized carbons (Fsp3) is 1.00. The van der Waals surface area contributed by atoms with Gasteiger partial charge < -0.3 is 10.5 Å². The Bertz CT molecular complexity index is 246. The van der Waals surface area contributed by atoms with Crippen LogP contribution in [0.3, 0.4) is 0 Å². The maximum Gasteiger partial charge on any atom is 0.0674 e. The van der Waals surface area contributed by atoms with Crippen molar-refractivity contribution in [2.24, 2.45) is 11.7 Å². The van der Waals surface area contributed by atoms with Gasteiger partial charge in [0.1, 0.15) is 0 Å². The SMILES string of the molecule is CC1CCCC(CN)(N2CCOC(C)C2)CC1. The van der Waals surface area contributed by atoms with Crippen LogP contribution in [0.5, 0.6) is 0 Å². The fourth-order valence-corrected chi connectivity index (χ4v) is 3.46. The molecule has 3 unspecified atom stereocenters. The molecule has 3 heteroatoms. The quantitative estimate of drug-likeness (QED) is 0.750. The Labute approximate surface area is 106 Å². The third-order valence-electron chi connectivity index (χ3n) is 4.73. The molecule has 17 heavy (non-hydrogen) atoms. The molecule has 2 N–H and O–H groups in total. The van der Waals surface area contributed by atoms with Crippen LogP contribution in [-0.4, -0.2) is 42.8 Å². The summed E-state index contributed by atoms with van der Waals surface area (Å²) in [6.07, 6.45) is 6.97. The molecule has 3 nitrogen and oxygen atoms in total. The van der Waals surface area contributed by atoms with Crippen molar-refractivity contribution in [3.8, 4) is 0 Å². The number of nitrogens with zero attached hydrogens (tertiary/aromatic N) is 1. The minimum atomic E-state index is 0.267. The zero-order chi connectivity index (χ0) is 12.3. The van der Waals surface area contributed by atoms with Gasteiger partial charge in [0.05, 0.1) is 12.7 Å². The first-order valence-electron chi connectivity index (χ1n) is 7.23. The molecule has 0 bridgehead atoms. The number of hydrogen-bond acceptors (Lipinski definition) is 3. The number of morpholine rings is 1. The molecule has 0 aromatic carbocycles. The highest BCUT2D eigenvalue weighted by molar-refractivity contribution is 4.95. The second-order valence-corrected chi connectivity index (χ2v) is 6.09. The number of hydrogen-bond donors (Lipinski definition) is 1. The molecule has 0 aromatic rings. The summed E-state index contributed by atoms with van der Waals surface area (Å²) in [5.74, 6) is 0.877. The van der Waals surface area contributed by atoms with E-state index in [0.717, 1.165) is 32.2 Å². The van der Waals surface area contributed by atoms with Crippen molar-refractivity contribution in [2.45, 2.75) is 57.6 Å². The van der Waals surface area contributed by atoms with E-state index in [0.29, 0.717) is 6.10 Å². The Morgan fingerprint density at radius 1 is 1.29 bits per heavy atom. The molecule has 1 saturated heterocycles. The first-order chi connectivity index (χ1) is 8.16. The third kappa shape index (κ3) is 3.01. The topological polar surface area (TPSA) is 38.5 Å². The standard InChI is InChI=1S/C14H28N2O/c1-12-4-3-6-14(11-15,7-5-12)16-8-9-17-13(2)10-16/h12-13H,3-11,15H2,1-2H3. The van der Waals surface area contributed by atoms with Crippen LogP contribution in [-0.2, 0) is 4.74 Å². The zero-order valence-electron chi connectivity index (χ0n) is 11.5. The third-order valence-corrected chi connectivity index (χ3v) is 4.73. The van der Waals surface area contributed by atoms with Crippen LogP contribution in [0, 0.1) is 5.92 Å². The van der Waals surface area contributed by atoms with E-state index in [2.05, 4.69) is 18.7 Å². The molecule has 2 fully saturated rings. The van der Waals surface area contributed by atoms with Crippen molar-refractivity contribution in [1.29, 1.82) is 0 Å². The molecule has 2 aliphatic rings. The van der Waals surface area contributed by atoms with Crippen molar-refractivity contribution in [2.75, 3.05) is 26.2 Å². The lowest BCUT2D eigenvalue weighted by Gasteiger charge is -2.46. The van der Waals surface area contributed by atoms with E-state index in [1.54, 1.807) is 0 Å². The van der Waals surface area contributed by atoms with Crippen LogP contribution in [0.25, 0.3) is 0 Å². The lowest BCUT2D eigenvalue weighted by atomic mass is 9.87. The number of rotatable bonds is 2. The van der Waals surface area contributed by atoms with Gasteiger partial charge in [-0.15, -0.1) is 0 Å². The minimum absolute atomic E-state index is 0.267. The molecule has 0 aromatic heterocycles. The number of ether oxygens (including phenoxy) is 1. The average Bonchev–Trinajstić information content (AvgIpc) is 2.52. The highest BCUT2D eigenvalue weighted by Gasteiger charge is 2.38. The van der Waals surface area contributed by atoms with Gasteiger partial charge in [-0.1, -0.05) is 19.8 Å². The molecular formula is C14H28N2O. The van der Waals surface area contributed by atoms with Crippen molar-refractivity contribution in [3.63, 3.8) is 0 Å². The van der Waals surface area contributed by atoms with Crippen LogP contribution in [0.2, 0.25) is 0 Å². The molecule has 1 aliphatic heterocycles. The zero-order valence-corrected chi connectivity index (χ0v) is 11.5. The summed E-state index contributed by atoms with van der Waals surface area (Å²) in [5.41, 5.74) is 6.41. The van der Waals surface area contributed by atoms with Crippen LogP contribution in [0.4, 0.5) is 0 Å². The summed E-state index contributed by atoms with van der Waals surface area (Å²) >= 11 is 0. The Hall–Kier alpha value is -0.120. The summed E-state index contributed by atoms with van der Waals surface area (Å²) in [5, 5.41) is 0. The maximum atomic E-state index is 6.15. The van der Waals surface area contributed by atoms with Crippen LogP contribution >= 0.6 is 0 Å². The van der Waals surface area contributed by atoms with Gasteiger partial charge in [0.15, 0.2) is 0 Å². The first-order valence-corrected chi connectivity index (χ1v) is 7.23. The highest BCUT2D eigenvalue weighted by atomic mass is 16.5. The van der Waals surface area contributed by atoms with E-state index in [4.69, 9.17) is 10.5 Å². The van der Waals surface area contributed by atoms with Gasteiger partial charge in [-0.05, 0) is 32.1 Å². The predicted molar refractivity (Wildman–Crippen MR) is 71.0 cm³/mol. The molecule has 0 spiro atoms. The molecule has 1 saturated carbocycles. The van der Waals surface area contributed by atoms with Gasteiger partial charge in [0.25, 0.3) is 0 Å². The van der Waals surface area contributed by atoms with E-state index in [9.17, 15) is 0 Å². The van der Waals surface area contributed by atoms with Gasteiger partial charge in [-0.3, -0.25) is 4.90 Å². The van der Waals surface area contributed by atoms with Crippen LogP contribution in [0.1, 0.15) is 46.0 Å². The molecule has 2 rings (SSSR count). The Balaban J connectivity index is 2.06. The predicted octanol–water partition coefficient (Wildman–Crippen LogP) is 2.00. The van der Waals surface area contributed by atoms with Crippen molar-refractivity contribution in [1.82, 2.24) is 4.90 Å². The fourth-order valence-electron chi connectivity index (χ4n) is 3.46. The monoisotopic (exact) mass is 240 g/mol. The molecule has 0 amide bonds. The van der Waals surface area contributed by atoms with E-state index < -0.39 is 0 Å². The van der Waals surface area contributed by atoms with Gasteiger partial charge in [-0.25, -0.2) is 0 Å². The van der Waals surface area contributed by atoms with E-state index in [1.807, 2.05) is 0 Å². The summed E-state index contributed by atoms with van der Waals surface area (Å²) in [6.45, 7) is 8.37. The summed E-state index contributed by atoms with van der Waals surface area (Å²) in [7, 11) is 0. The lowest BCUT2D eigenvalue weighted by molar-refractivity contribution is -0.0650. The smallest absolute Gasteiger partial charge is 0.0674 e. The van der Waals surface area contributed by atoms with Crippen LogP contribution < -0.4 is 5.73 Å². The number of nitrogens with two attached hydrogens (primary N) is 1. The second kappa shape index (κ2) is 5.68. The summed E-state index contributed by atoms with van der Waals surface area (Å²) in [4.78, 5) is 2.62. The highest BCUT2D eigenvalue weighted by Crippen LogP contribution is 2.35. The maximum absolute atomic E-state index is 6.15. The molecule has 1 aliphatic carbocycles. The van der Waals surface area contributed by atoms with E-state index >= 15 is 0 Å². The van der Waals surface area contributed by atoms with Crippen molar-refractivity contribution < 1.29 is 4.74 Å². The van der Waals surface area contributed by atoms with E-state index in [1.165, 1.54) is 32.1 Å². The Morgan fingerprint density at radius 2 is 2.12 bits per heavy atom. The van der Waals surface area contributed by atoms with Crippen LogP contribution in [0.15, 0.2) is 0 Å². The van der Waals surface area contributed by atoms with Gasteiger partial charge in [-0.2, -0.15) is 0 Å². The summed E-state index contributed by atoms with van der Waals surface area (Å²) < 4.78 is 5.66. The Morgan fingerprint density at radius 3 is 2.82 bits per heavy atom. The molecule has 100 valence electrons. The van der Waals surface area contributed by atoms with Gasteiger partial charge >= 0.3 is 0 Å². The summed E-state index contributed by atoms with van der Waals surface area (Å²) in [6, 6.07) is 0.